The molecule has 0 amide bonds. The number of carbonyl (C=O) groups excluding carboxylic acids is 2. The zero-order chi connectivity index (χ0) is 18.5. The van der Waals surface area contributed by atoms with E-state index in [-0.39, 0.29) is 18.3 Å². The van der Waals surface area contributed by atoms with Crippen molar-refractivity contribution in [2.45, 2.75) is 40.5 Å². The molecular formula is C19H28O5. The quantitative estimate of drug-likeness (QED) is 0.562. The van der Waals surface area contributed by atoms with Crippen LogP contribution < -0.4 is 9.47 Å². The number of methoxy groups -OCH3 is 2. The van der Waals surface area contributed by atoms with Crippen LogP contribution in [0.3, 0.4) is 0 Å². The van der Waals surface area contributed by atoms with Crippen molar-refractivity contribution in [1.82, 2.24) is 0 Å². The molecule has 0 aliphatic carbocycles. The van der Waals surface area contributed by atoms with Gasteiger partial charge in [-0.2, -0.15) is 0 Å². The summed E-state index contributed by atoms with van der Waals surface area (Å²) < 4.78 is 15.7. The second-order valence-electron chi connectivity index (χ2n) is 6.75. The van der Waals surface area contributed by atoms with Gasteiger partial charge < -0.3 is 14.2 Å². The molecule has 0 saturated heterocycles. The summed E-state index contributed by atoms with van der Waals surface area (Å²) in [5.74, 6) is -0.655. The summed E-state index contributed by atoms with van der Waals surface area (Å²) in [5.41, 5.74) is 0.186. The van der Waals surface area contributed by atoms with Gasteiger partial charge in [-0.3, -0.25) is 9.59 Å². The Morgan fingerprint density at radius 2 is 1.67 bits per heavy atom. The number of benzene rings is 1. The van der Waals surface area contributed by atoms with E-state index in [1.165, 1.54) is 0 Å². The van der Waals surface area contributed by atoms with Gasteiger partial charge in [0.1, 0.15) is 5.92 Å². The molecular weight excluding hydrogens is 308 g/mol. The van der Waals surface area contributed by atoms with Gasteiger partial charge in [0.2, 0.25) is 0 Å². The van der Waals surface area contributed by atoms with E-state index in [4.69, 9.17) is 14.2 Å². The Labute approximate surface area is 144 Å². The van der Waals surface area contributed by atoms with Crippen molar-refractivity contribution in [1.29, 1.82) is 0 Å². The van der Waals surface area contributed by atoms with Gasteiger partial charge in [-0.1, -0.05) is 33.8 Å². The minimum atomic E-state index is -0.858. The maximum Gasteiger partial charge on any atom is 0.317 e. The Balaban J connectivity index is 3.27. The smallest absolute Gasteiger partial charge is 0.317 e. The Bertz CT molecular complexity index is 586. The van der Waals surface area contributed by atoms with Crippen LogP contribution in [0.2, 0.25) is 0 Å². The summed E-state index contributed by atoms with van der Waals surface area (Å²) in [6.07, 6.45) is 0. The van der Waals surface area contributed by atoms with Gasteiger partial charge in [-0.25, -0.2) is 0 Å². The van der Waals surface area contributed by atoms with Crippen LogP contribution in [-0.4, -0.2) is 32.6 Å². The van der Waals surface area contributed by atoms with E-state index in [1.807, 2.05) is 33.8 Å². The molecule has 0 bridgehead atoms. The molecule has 0 saturated carbocycles. The molecule has 5 heteroatoms. The molecule has 1 aromatic carbocycles. The number of ketones is 1. The number of rotatable bonds is 7. The summed E-state index contributed by atoms with van der Waals surface area (Å²) in [6, 6.07) is 5.41. The molecule has 2 unspecified atom stereocenters. The zero-order valence-electron chi connectivity index (χ0n) is 15.6. The highest BCUT2D eigenvalue weighted by Crippen LogP contribution is 2.36. The van der Waals surface area contributed by atoms with Gasteiger partial charge in [-0.15, -0.1) is 0 Å². The number of hydrogen-bond donors (Lipinski definition) is 0. The second kappa shape index (κ2) is 8.18. The largest absolute Gasteiger partial charge is 0.493 e. The van der Waals surface area contributed by atoms with Crippen LogP contribution in [0.15, 0.2) is 18.2 Å². The SMILES string of the molecule is CCOC(=O)C(C(=O)C(C)(C)C)C(C)c1ccc(OC)c(OC)c1. The lowest BCUT2D eigenvalue weighted by atomic mass is 9.75. The zero-order valence-corrected chi connectivity index (χ0v) is 15.6. The first-order valence-corrected chi connectivity index (χ1v) is 8.10. The Morgan fingerprint density at radius 1 is 1.08 bits per heavy atom. The molecule has 0 aliphatic heterocycles. The highest BCUT2D eigenvalue weighted by molar-refractivity contribution is 6.02. The predicted molar refractivity (Wildman–Crippen MR) is 92.5 cm³/mol. The summed E-state index contributed by atoms with van der Waals surface area (Å²) in [6.45, 7) is 9.25. The number of hydrogen-bond acceptors (Lipinski definition) is 5. The van der Waals surface area contributed by atoms with Crippen LogP contribution in [0.4, 0.5) is 0 Å². The monoisotopic (exact) mass is 336 g/mol. The molecule has 1 rings (SSSR count). The van der Waals surface area contributed by atoms with Gasteiger partial charge in [0.15, 0.2) is 17.3 Å². The van der Waals surface area contributed by atoms with Crippen molar-refractivity contribution in [2.75, 3.05) is 20.8 Å². The molecule has 0 aliphatic rings. The van der Waals surface area contributed by atoms with Crippen molar-refractivity contribution in [3.05, 3.63) is 23.8 Å². The molecule has 0 fully saturated rings. The van der Waals surface area contributed by atoms with Crippen molar-refractivity contribution >= 4 is 11.8 Å². The van der Waals surface area contributed by atoms with E-state index >= 15 is 0 Å². The van der Waals surface area contributed by atoms with E-state index in [1.54, 1.807) is 33.3 Å². The first kappa shape index (κ1) is 20.0. The Hall–Kier alpha value is -2.04. The molecule has 2 atom stereocenters. The van der Waals surface area contributed by atoms with Crippen LogP contribution in [-0.2, 0) is 14.3 Å². The maximum absolute atomic E-state index is 12.8. The average molecular weight is 336 g/mol. The number of esters is 1. The Morgan fingerprint density at radius 3 is 2.12 bits per heavy atom. The van der Waals surface area contributed by atoms with E-state index in [2.05, 4.69) is 0 Å². The molecule has 0 spiro atoms. The van der Waals surface area contributed by atoms with E-state index in [0.29, 0.717) is 11.5 Å². The third-order valence-corrected chi connectivity index (χ3v) is 4.00. The minimum absolute atomic E-state index is 0.136. The first-order chi connectivity index (χ1) is 11.2. The molecule has 1 aromatic rings. The van der Waals surface area contributed by atoms with Crippen molar-refractivity contribution < 1.29 is 23.8 Å². The highest BCUT2D eigenvalue weighted by Gasteiger charge is 2.40. The summed E-state index contributed by atoms with van der Waals surface area (Å²) in [5, 5.41) is 0. The third kappa shape index (κ3) is 4.49. The molecule has 0 heterocycles. The normalized spacial score (nSPS) is 13.8. The van der Waals surface area contributed by atoms with Crippen LogP contribution in [0, 0.1) is 11.3 Å². The van der Waals surface area contributed by atoms with Crippen LogP contribution in [0.5, 0.6) is 11.5 Å². The first-order valence-electron chi connectivity index (χ1n) is 8.10. The van der Waals surface area contributed by atoms with Crippen LogP contribution >= 0.6 is 0 Å². The van der Waals surface area contributed by atoms with Crippen LogP contribution in [0.25, 0.3) is 0 Å². The van der Waals surface area contributed by atoms with E-state index < -0.39 is 17.3 Å². The Kier molecular flexibility index (Phi) is 6.81. The van der Waals surface area contributed by atoms with E-state index in [9.17, 15) is 9.59 Å². The summed E-state index contributed by atoms with van der Waals surface area (Å²) in [4.78, 5) is 25.2. The van der Waals surface area contributed by atoms with E-state index in [0.717, 1.165) is 5.56 Å². The van der Waals surface area contributed by atoms with Gasteiger partial charge in [0.25, 0.3) is 0 Å². The average Bonchev–Trinajstić information content (AvgIpc) is 2.53. The fourth-order valence-electron chi connectivity index (χ4n) is 2.57. The fraction of sp³-hybridized carbons (Fsp3) is 0.579. The third-order valence-electron chi connectivity index (χ3n) is 4.00. The topological polar surface area (TPSA) is 61.8 Å². The molecule has 24 heavy (non-hydrogen) atoms. The summed E-state index contributed by atoms with van der Waals surface area (Å²) in [7, 11) is 3.11. The lowest BCUT2D eigenvalue weighted by molar-refractivity contribution is -0.154. The van der Waals surface area contributed by atoms with Crippen molar-refractivity contribution in [2.24, 2.45) is 11.3 Å². The second-order valence-corrected chi connectivity index (χ2v) is 6.75. The lowest BCUT2D eigenvalue weighted by Crippen LogP contribution is -2.37. The highest BCUT2D eigenvalue weighted by atomic mass is 16.5. The molecule has 0 aromatic heterocycles. The molecule has 0 radical (unpaired) electrons. The molecule has 5 nitrogen and oxygen atoms in total. The fourth-order valence-corrected chi connectivity index (χ4v) is 2.57. The van der Waals surface area contributed by atoms with Gasteiger partial charge >= 0.3 is 5.97 Å². The standard InChI is InChI=1S/C19H28O5/c1-8-24-18(21)16(17(20)19(3,4)5)12(2)13-9-10-14(22-6)15(11-13)23-7/h9-12,16H,8H2,1-7H3. The van der Waals surface area contributed by atoms with Gasteiger partial charge in [0.05, 0.1) is 20.8 Å². The lowest BCUT2D eigenvalue weighted by Gasteiger charge is -2.28. The van der Waals surface area contributed by atoms with Crippen molar-refractivity contribution in [3.63, 3.8) is 0 Å². The predicted octanol–water partition coefficient (Wildman–Crippen LogP) is 3.60. The summed E-state index contributed by atoms with van der Waals surface area (Å²) >= 11 is 0. The molecule has 134 valence electrons. The minimum Gasteiger partial charge on any atom is -0.493 e. The number of carbonyl (C=O) groups is 2. The van der Waals surface area contributed by atoms with Gasteiger partial charge in [-0.05, 0) is 24.6 Å². The van der Waals surface area contributed by atoms with Crippen LogP contribution in [0.1, 0.15) is 46.1 Å². The maximum atomic E-state index is 12.8. The number of Topliss-reactive ketones (excluding diaryl/α,β-unsaturated/α-hetero) is 1. The molecule has 0 N–H and O–H groups in total. The number of ether oxygens (including phenoxy) is 3. The van der Waals surface area contributed by atoms with Crippen molar-refractivity contribution in [3.8, 4) is 11.5 Å². The van der Waals surface area contributed by atoms with Gasteiger partial charge in [0, 0.05) is 11.3 Å².